The van der Waals surface area contributed by atoms with Crippen molar-refractivity contribution in [2.24, 2.45) is 0 Å². The molecule has 2 aromatic carbocycles. The molecule has 0 unspecified atom stereocenters. The van der Waals surface area contributed by atoms with Crippen LogP contribution in [0.2, 0.25) is 10.0 Å². The smallest absolute Gasteiger partial charge is 0.277 e. The van der Waals surface area contributed by atoms with Crippen LogP contribution < -0.4 is 5.32 Å². The molecule has 8 heteroatoms. The molecule has 1 aromatic heterocycles. The van der Waals surface area contributed by atoms with Crippen molar-refractivity contribution < 1.29 is 9.21 Å². The molecule has 0 fully saturated rings. The molecule has 0 aliphatic heterocycles. The Morgan fingerprint density at radius 3 is 2.73 bits per heavy atom. The Hall–Kier alpha value is -2.02. The second-order valence-electron chi connectivity index (χ2n) is 5.56. The monoisotopic (exact) mass is 407 g/mol. The highest BCUT2D eigenvalue weighted by atomic mass is 35.5. The highest BCUT2D eigenvalue weighted by molar-refractivity contribution is 8.00. The number of aromatic nitrogens is 2. The summed E-state index contributed by atoms with van der Waals surface area (Å²) in [5.74, 6) is 0.186. The van der Waals surface area contributed by atoms with E-state index >= 15 is 0 Å². The molecule has 1 atom stereocenters. The number of hydrogen-bond donors (Lipinski definition) is 1. The predicted molar refractivity (Wildman–Crippen MR) is 105 cm³/mol. The van der Waals surface area contributed by atoms with Gasteiger partial charge in [0.05, 0.1) is 16.0 Å². The number of aryl methyl sites for hydroxylation is 1. The lowest BCUT2D eigenvalue weighted by Gasteiger charge is -2.11. The number of benzene rings is 2. The third-order valence-electron chi connectivity index (χ3n) is 3.62. The van der Waals surface area contributed by atoms with E-state index in [1.807, 2.05) is 31.2 Å². The summed E-state index contributed by atoms with van der Waals surface area (Å²) in [5.41, 5.74) is 2.37. The van der Waals surface area contributed by atoms with Gasteiger partial charge in [0.2, 0.25) is 11.8 Å². The highest BCUT2D eigenvalue weighted by Gasteiger charge is 2.20. The molecule has 0 spiro atoms. The molecule has 3 aromatic rings. The molecule has 0 aliphatic carbocycles. The van der Waals surface area contributed by atoms with Gasteiger partial charge in [-0.1, -0.05) is 53.2 Å². The van der Waals surface area contributed by atoms with Crippen molar-refractivity contribution >= 4 is 46.6 Å². The van der Waals surface area contributed by atoms with Crippen molar-refractivity contribution in [3.05, 3.63) is 58.1 Å². The number of anilines is 1. The number of carbonyl (C=O) groups excluding carboxylic acids is 1. The van der Waals surface area contributed by atoms with Gasteiger partial charge in [0.25, 0.3) is 5.22 Å². The first-order valence-corrected chi connectivity index (χ1v) is 9.39. The number of hydrogen-bond acceptors (Lipinski definition) is 5. The van der Waals surface area contributed by atoms with Crippen LogP contribution in [0.5, 0.6) is 0 Å². The molecule has 1 heterocycles. The van der Waals surface area contributed by atoms with E-state index < -0.39 is 5.25 Å². The molecule has 1 amide bonds. The maximum absolute atomic E-state index is 12.4. The molecule has 0 aliphatic rings. The average Bonchev–Trinajstić information content (AvgIpc) is 3.06. The molecular weight excluding hydrogens is 393 g/mol. The Bertz CT molecular complexity index is 946. The Kier molecular flexibility index (Phi) is 5.86. The van der Waals surface area contributed by atoms with Gasteiger partial charge < -0.3 is 9.73 Å². The topological polar surface area (TPSA) is 68.0 Å². The predicted octanol–water partition coefficient (Wildman–Crippen LogP) is 5.47. The standard InChI is InChI=1S/C18H15Cl2N3O2S/c1-10-5-3-4-6-13(10)17-22-23-18(25-17)26-11(2)16(24)21-15-9-12(19)7-8-14(15)20/h3-9,11H,1-2H3,(H,21,24)/t11-/m1/s1. The molecule has 0 saturated carbocycles. The number of amides is 1. The molecule has 134 valence electrons. The molecule has 0 bridgehead atoms. The first kappa shape index (κ1) is 18.8. The van der Waals surface area contributed by atoms with Crippen molar-refractivity contribution in [1.82, 2.24) is 10.2 Å². The van der Waals surface area contributed by atoms with E-state index in [2.05, 4.69) is 15.5 Å². The summed E-state index contributed by atoms with van der Waals surface area (Å²) >= 11 is 13.2. The number of nitrogens with one attached hydrogen (secondary N) is 1. The molecule has 26 heavy (non-hydrogen) atoms. The van der Waals surface area contributed by atoms with Crippen LogP contribution in [0.25, 0.3) is 11.5 Å². The Labute approximate surface area is 165 Å². The Balaban J connectivity index is 1.68. The van der Waals surface area contributed by atoms with Crippen molar-refractivity contribution in [3.8, 4) is 11.5 Å². The number of halogens is 2. The lowest BCUT2D eigenvalue weighted by molar-refractivity contribution is -0.115. The Morgan fingerprint density at radius 2 is 1.96 bits per heavy atom. The van der Waals surface area contributed by atoms with E-state index in [0.717, 1.165) is 11.1 Å². The summed E-state index contributed by atoms with van der Waals surface area (Å²) in [6, 6.07) is 12.6. The molecule has 1 N–H and O–H groups in total. The summed E-state index contributed by atoms with van der Waals surface area (Å²) in [5, 5.41) is 11.6. The van der Waals surface area contributed by atoms with E-state index in [9.17, 15) is 4.79 Å². The van der Waals surface area contributed by atoms with Crippen molar-refractivity contribution in [2.45, 2.75) is 24.3 Å². The van der Waals surface area contributed by atoms with Gasteiger partial charge in [0, 0.05) is 10.6 Å². The largest absolute Gasteiger partial charge is 0.411 e. The lowest BCUT2D eigenvalue weighted by Crippen LogP contribution is -2.22. The summed E-state index contributed by atoms with van der Waals surface area (Å²) in [6.45, 7) is 3.72. The van der Waals surface area contributed by atoms with Crippen LogP contribution in [0.3, 0.4) is 0 Å². The highest BCUT2D eigenvalue weighted by Crippen LogP contribution is 2.30. The van der Waals surface area contributed by atoms with E-state index in [1.165, 1.54) is 11.8 Å². The maximum atomic E-state index is 12.4. The minimum atomic E-state index is -0.463. The van der Waals surface area contributed by atoms with Crippen LogP contribution in [0.1, 0.15) is 12.5 Å². The van der Waals surface area contributed by atoms with E-state index in [1.54, 1.807) is 25.1 Å². The summed E-state index contributed by atoms with van der Waals surface area (Å²) in [4.78, 5) is 12.4. The van der Waals surface area contributed by atoms with Gasteiger partial charge in [0.15, 0.2) is 0 Å². The summed E-state index contributed by atoms with van der Waals surface area (Å²) < 4.78 is 5.68. The zero-order valence-electron chi connectivity index (χ0n) is 14.0. The molecular formula is C18H15Cl2N3O2S. The number of carbonyl (C=O) groups is 1. The van der Waals surface area contributed by atoms with Crippen LogP contribution in [-0.2, 0) is 4.79 Å². The van der Waals surface area contributed by atoms with Crippen LogP contribution in [0.4, 0.5) is 5.69 Å². The zero-order chi connectivity index (χ0) is 18.7. The van der Waals surface area contributed by atoms with Crippen LogP contribution in [0, 0.1) is 6.92 Å². The fourth-order valence-electron chi connectivity index (χ4n) is 2.21. The van der Waals surface area contributed by atoms with Gasteiger partial charge >= 0.3 is 0 Å². The number of thioether (sulfide) groups is 1. The third kappa shape index (κ3) is 4.38. The second kappa shape index (κ2) is 8.12. The second-order valence-corrected chi connectivity index (χ2v) is 7.70. The number of nitrogens with zero attached hydrogens (tertiary/aromatic N) is 2. The first-order valence-electron chi connectivity index (χ1n) is 7.76. The van der Waals surface area contributed by atoms with E-state index in [-0.39, 0.29) is 5.91 Å². The van der Waals surface area contributed by atoms with Crippen molar-refractivity contribution in [2.75, 3.05) is 5.32 Å². The van der Waals surface area contributed by atoms with Crippen LogP contribution in [-0.4, -0.2) is 21.4 Å². The first-order chi connectivity index (χ1) is 12.4. The normalized spacial score (nSPS) is 12.0. The minimum absolute atomic E-state index is 0.241. The van der Waals surface area contributed by atoms with Crippen molar-refractivity contribution in [3.63, 3.8) is 0 Å². The van der Waals surface area contributed by atoms with Gasteiger partial charge in [0.1, 0.15) is 0 Å². The average molecular weight is 408 g/mol. The number of rotatable bonds is 5. The molecule has 3 rings (SSSR count). The fourth-order valence-corrected chi connectivity index (χ4v) is 3.23. The summed E-state index contributed by atoms with van der Waals surface area (Å²) in [7, 11) is 0. The summed E-state index contributed by atoms with van der Waals surface area (Å²) in [6.07, 6.45) is 0. The van der Waals surface area contributed by atoms with E-state index in [4.69, 9.17) is 27.6 Å². The molecule has 5 nitrogen and oxygen atoms in total. The van der Waals surface area contributed by atoms with Gasteiger partial charge in [-0.15, -0.1) is 10.2 Å². The Morgan fingerprint density at radius 1 is 1.19 bits per heavy atom. The SMILES string of the molecule is Cc1ccccc1-c1nnc(S[C@H](C)C(=O)Nc2cc(Cl)ccc2Cl)o1. The van der Waals surface area contributed by atoms with Gasteiger partial charge in [-0.05, 0) is 43.7 Å². The fraction of sp³-hybridized carbons (Fsp3) is 0.167. The van der Waals surface area contributed by atoms with E-state index in [0.29, 0.717) is 26.8 Å². The maximum Gasteiger partial charge on any atom is 0.277 e. The molecule has 0 saturated heterocycles. The van der Waals surface area contributed by atoms with Crippen LogP contribution >= 0.6 is 35.0 Å². The van der Waals surface area contributed by atoms with Crippen LogP contribution in [0.15, 0.2) is 52.1 Å². The van der Waals surface area contributed by atoms with Gasteiger partial charge in [-0.3, -0.25) is 4.79 Å². The zero-order valence-corrected chi connectivity index (χ0v) is 16.3. The lowest BCUT2D eigenvalue weighted by atomic mass is 10.1. The van der Waals surface area contributed by atoms with Crippen molar-refractivity contribution in [1.29, 1.82) is 0 Å². The van der Waals surface area contributed by atoms with Gasteiger partial charge in [-0.25, -0.2) is 0 Å². The quantitative estimate of drug-likeness (QED) is 0.567. The third-order valence-corrected chi connectivity index (χ3v) is 5.11. The molecule has 0 radical (unpaired) electrons. The minimum Gasteiger partial charge on any atom is -0.411 e. The van der Waals surface area contributed by atoms with Gasteiger partial charge in [-0.2, -0.15) is 0 Å².